The Morgan fingerprint density at radius 1 is 1.27 bits per heavy atom. The van der Waals surface area contributed by atoms with Crippen LogP contribution in [-0.2, 0) is 4.74 Å². The summed E-state index contributed by atoms with van der Waals surface area (Å²) in [6.45, 7) is 3.16. The van der Waals surface area contributed by atoms with E-state index in [9.17, 15) is 4.79 Å². The van der Waals surface area contributed by atoms with Crippen LogP contribution in [0.25, 0.3) is 0 Å². The molecule has 1 aliphatic rings. The summed E-state index contributed by atoms with van der Waals surface area (Å²) in [5.74, 6) is 0.752. The number of amides is 2. The van der Waals surface area contributed by atoms with Gasteiger partial charge in [-0.1, -0.05) is 0 Å². The van der Waals surface area contributed by atoms with Gasteiger partial charge in [-0.15, -0.1) is 0 Å². The van der Waals surface area contributed by atoms with E-state index in [4.69, 9.17) is 14.7 Å². The molecule has 30 heavy (non-hydrogen) atoms. The zero-order valence-corrected chi connectivity index (χ0v) is 17.3. The van der Waals surface area contributed by atoms with Crippen molar-refractivity contribution in [2.24, 2.45) is 0 Å². The maximum atomic E-state index is 12.6. The van der Waals surface area contributed by atoms with Gasteiger partial charge in [0, 0.05) is 50.1 Å². The predicted octanol–water partition coefficient (Wildman–Crippen LogP) is 2.59. The third-order valence-electron chi connectivity index (χ3n) is 5.27. The molecule has 0 aliphatic carbocycles. The van der Waals surface area contributed by atoms with Crippen molar-refractivity contribution in [2.75, 3.05) is 45.8 Å². The predicted molar refractivity (Wildman–Crippen MR) is 114 cm³/mol. The highest BCUT2D eigenvalue weighted by atomic mass is 16.5. The summed E-state index contributed by atoms with van der Waals surface area (Å²) in [5, 5.41) is 14.8. The van der Waals surface area contributed by atoms with Gasteiger partial charge in [0.1, 0.15) is 5.75 Å². The highest BCUT2D eigenvalue weighted by Crippen LogP contribution is 2.27. The Hall–Kier alpha value is -3.15. The molecule has 0 radical (unpaired) electrons. The monoisotopic (exact) mass is 409 g/mol. The Bertz CT molecular complexity index is 864. The Kier molecular flexibility index (Phi) is 7.60. The number of benzene rings is 1. The number of urea groups is 1. The Labute approximate surface area is 176 Å². The van der Waals surface area contributed by atoms with E-state index in [0.717, 1.165) is 31.7 Å². The van der Waals surface area contributed by atoms with Crippen LogP contribution in [0.3, 0.4) is 0 Å². The normalized spacial score (nSPS) is 19.0. The van der Waals surface area contributed by atoms with Gasteiger partial charge in [-0.3, -0.25) is 4.98 Å². The zero-order chi connectivity index (χ0) is 21.3. The first-order valence-corrected chi connectivity index (χ1v) is 9.92. The molecule has 2 aromatic rings. The third kappa shape index (κ3) is 5.69. The minimum atomic E-state index is -0.270. The molecule has 1 aromatic heterocycles. The van der Waals surface area contributed by atoms with Gasteiger partial charge in [-0.2, -0.15) is 5.26 Å². The average molecular weight is 409 g/mol. The molecule has 2 unspecified atom stereocenters. The van der Waals surface area contributed by atoms with Gasteiger partial charge in [-0.25, -0.2) is 4.79 Å². The molecule has 8 nitrogen and oxygen atoms in total. The van der Waals surface area contributed by atoms with E-state index in [0.29, 0.717) is 23.6 Å². The molecular weight excluding hydrogens is 382 g/mol. The zero-order valence-electron chi connectivity index (χ0n) is 17.3. The summed E-state index contributed by atoms with van der Waals surface area (Å²) in [4.78, 5) is 19.5. The molecule has 0 saturated carbocycles. The number of aromatic nitrogens is 1. The first kappa shape index (κ1) is 21.6. The number of piperidine rings is 1. The maximum Gasteiger partial charge on any atom is 0.319 e. The molecule has 2 atom stereocenters. The molecule has 2 heterocycles. The molecule has 0 spiro atoms. The number of anilines is 1. The fraction of sp³-hybridized carbons (Fsp3) is 0.409. The van der Waals surface area contributed by atoms with E-state index < -0.39 is 0 Å². The number of carbonyl (C=O) groups is 1. The summed E-state index contributed by atoms with van der Waals surface area (Å²) in [6, 6.07) is 12.4. The summed E-state index contributed by atoms with van der Waals surface area (Å²) in [6.07, 6.45) is 2.51. The van der Waals surface area contributed by atoms with Gasteiger partial charge in [0.05, 0.1) is 31.5 Å². The number of nitriles is 1. The number of nitrogens with one attached hydrogen (secondary N) is 2. The van der Waals surface area contributed by atoms with Crippen LogP contribution in [0.4, 0.5) is 10.5 Å². The van der Waals surface area contributed by atoms with Crippen molar-refractivity contribution < 1.29 is 14.3 Å². The second-order valence-corrected chi connectivity index (χ2v) is 7.21. The van der Waals surface area contributed by atoms with Crippen LogP contribution in [0.2, 0.25) is 0 Å². The number of hydrogen-bond acceptors (Lipinski definition) is 6. The molecule has 2 N–H and O–H groups in total. The fourth-order valence-electron chi connectivity index (χ4n) is 3.61. The van der Waals surface area contributed by atoms with Crippen LogP contribution in [0.15, 0.2) is 42.6 Å². The molecular formula is C22H27N5O3. The number of nitrogens with zero attached hydrogens (tertiary/aromatic N) is 3. The Balaban J connectivity index is 1.69. The lowest BCUT2D eigenvalue weighted by molar-refractivity contribution is 0.117. The number of hydrogen-bond donors (Lipinski definition) is 2. The van der Waals surface area contributed by atoms with Gasteiger partial charge < -0.3 is 25.0 Å². The molecule has 1 saturated heterocycles. The number of ether oxygens (including phenoxy) is 2. The lowest BCUT2D eigenvalue weighted by atomic mass is 9.89. The van der Waals surface area contributed by atoms with Crippen LogP contribution in [0.5, 0.6) is 5.75 Å². The molecule has 1 fully saturated rings. The van der Waals surface area contributed by atoms with Gasteiger partial charge in [-0.05, 0) is 42.8 Å². The molecule has 2 amide bonds. The lowest BCUT2D eigenvalue weighted by Crippen LogP contribution is -2.51. The van der Waals surface area contributed by atoms with Crippen molar-refractivity contribution in [3.05, 3.63) is 53.9 Å². The van der Waals surface area contributed by atoms with E-state index in [1.165, 1.54) is 0 Å². The second kappa shape index (κ2) is 10.6. The van der Waals surface area contributed by atoms with Gasteiger partial charge in [0.2, 0.25) is 0 Å². The Morgan fingerprint density at radius 3 is 2.70 bits per heavy atom. The summed E-state index contributed by atoms with van der Waals surface area (Å²) >= 11 is 0. The number of rotatable bonds is 7. The van der Waals surface area contributed by atoms with Crippen molar-refractivity contribution in [2.45, 2.75) is 18.4 Å². The topological polar surface area (TPSA) is 99.5 Å². The summed E-state index contributed by atoms with van der Waals surface area (Å²) in [7, 11) is 3.31. The van der Waals surface area contributed by atoms with E-state index in [1.807, 2.05) is 12.1 Å². The maximum absolute atomic E-state index is 12.6. The van der Waals surface area contributed by atoms with E-state index in [1.54, 1.807) is 44.7 Å². The Morgan fingerprint density at radius 2 is 2.07 bits per heavy atom. The van der Waals surface area contributed by atoms with E-state index in [2.05, 4.69) is 26.6 Å². The highest BCUT2D eigenvalue weighted by Gasteiger charge is 2.32. The van der Waals surface area contributed by atoms with Crippen molar-refractivity contribution in [1.82, 2.24) is 15.2 Å². The minimum absolute atomic E-state index is 0.0493. The number of carbonyl (C=O) groups excluding carboxylic acids is 1. The first-order chi connectivity index (χ1) is 14.6. The van der Waals surface area contributed by atoms with Crippen molar-refractivity contribution in [3.8, 4) is 11.8 Å². The van der Waals surface area contributed by atoms with Crippen LogP contribution in [0.1, 0.15) is 23.6 Å². The van der Waals surface area contributed by atoms with Crippen molar-refractivity contribution in [3.63, 3.8) is 0 Å². The SMILES string of the molecule is COCCN1CCC(NC(=O)Nc2ccc(C#N)cc2)C(c2ccc(OC)cn2)C1. The number of likely N-dealkylation sites (tertiary alicyclic amines) is 1. The first-order valence-electron chi connectivity index (χ1n) is 9.92. The van der Waals surface area contributed by atoms with Gasteiger partial charge in [0.15, 0.2) is 0 Å². The van der Waals surface area contributed by atoms with Gasteiger partial charge in [0.25, 0.3) is 0 Å². The van der Waals surface area contributed by atoms with E-state index in [-0.39, 0.29) is 18.0 Å². The van der Waals surface area contributed by atoms with Gasteiger partial charge >= 0.3 is 6.03 Å². The molecule has 1 aromatic carbocycles. The summed E-state index contributed by atoms with van der Waals surface area (Å²) in [5.41, 5.74) is 2.11. The molecule has 158 valence electrons. The smallest absolute Gasteiger partial charge is 0.319 e. The van der Waals surface area contributed by atoms with E-state index >= 15 is 0 Å². The molecule has 8 heteroatoms. The van der Waals surface area contributed by atoms with Crippen molar-refractivity contribution in [1.29, 1.82) is 5.26 Å². The largest absolute Gasteiger partial charge is 0.495 e. The third-order valence-corrected chi connectivity index (χ3v) is 5.27. The number of methoxy groups -OCH3 is 2. The highest BCUT2D eigenvalue weighted by molar-refractivity contribution is 5.89. The fourth-order valence-corrected chi connectivity index (χ4v) is 3.61. The quantitative estimate of drug-likeness (QED) is 0.729. The lowest BCUT2D eigenvalue weighted by Gasteiger charge is -2.38. The minimum Gasteiger partial charge on any atom is -0.495 e. The van der Waals surface area contributed by atoms with Crippen molar-refractivity contribution >= 4 is 11.7 Å². The molecule has 0 bridgehead atoms. The van der Waals surface area contributed by atoms with Crippen LogP contribution in [0, 0.1) is 11.3 Å². The average Bonchev–Trinajstić information content (AvgIpc) is 2.79. The molecule has 3 rings (SSSR count). The van der Waals surface area contributed by atoms with Crippen LogP contribution < -0.4 is 15.4 Å². The standard InChI is InChI=1S/C22H27N5O3/c1-29-12-11-27-10-9-21(19(15-27)20-8-7-18(30-2)14-24-20)26-22(28)25-17-5-3-16(13-23)4-6-17/h3-8,14,19,21H,9-12,15H2,1-2H3,(H2,25,26,28). The molecule has 1 aliphatic heterocycles. The van der Waals surface area contributed by atoms with Crippen LogP contribution in [-0.4, -0.2) is 62.4 Å². The summed E-state index contributed by atoms with van der Waals surface area (Å²) < 4.78 is 10.4. The van der Waals surface area contributed by atoms with Crippen LogP contribution >= 0.6 is 0 Å². The number of pyridine rings is 1. The second-order valence-electron chi connectivity index (χ2n) is 7.21.